The normalized spacial score (nSPS) is 12.6. The lowest BCUT2D eigenvalue weighted by atomic mass is 10.1. The summed E-state index contributed by atoms with van der Waals surface area (Å²) in [5.74, 6) is -0.395. The van der Waals surface area contributed by atoms with Crippen LogP contribution >= 0.6 is 0 Å². The molecule has 4 heteroatoms. The highest BCUT2D eigenvalue weighted by Gasteiger charge is 2.15. The third kappa shape index (κ3) is 2.79. The molecule has 0 fully saturated rings. The van der Waals surface area contributed by atoms with E-state index in [4.69, 9.17) is 5.11 Å². The standard InChI is InChI=1S/C15H20N2O2/c1-3-11(10-18)15(19)16-8-12-9-17(2)14-7-5-4-6-13(12)14/h4-7,9,11,18H,3,8,10H2,1-2H3,(H,16,19). The Kier molecular flexibility index (Phi) is 4.22. The van der Waals surface area contributed by atoms with Crippen molar-refractivity contribution in [3.05, 3.63) is 36.0 Å². The second-order valence-electron chi connectivity index (χ2n) is 4.79. The fourth-order valence-corrected chi connectivity index (χ4v) is 2.29. The number of aromatic nitrogens is 1. The molecule has 1 heterocycles. The number of hydrogen-bond donors (Lipinski definition) is 2. The molecular weight excluding hydrogens is 240 g/mol. The van der Waals surface area contributed by atoms with Gasteiger partial charge in [-0.05, 0) is 18.1 Å². The number of aliphatic hydroxyl groups excluding tert-OH is 1. The van der Waals surface area contributed by atoms with Gasteiger partial charge in [-0.25, -0.2) is 0 Å². The summed E-state index contributed by atoms with van der Waals surface area (Å²) < 4.78 is 2.06. The molecule has 0 spiro atoms. The van der Waals surface area contributed by atoms with Crippen LogP contribution in [0.15, 0.2) is 30.5 Å². The van der Waals surface area contributed by atoms with Crippen molar-refractivity contribution in [3.63, 3.8) is 0 Å². The molecule has 1 amide bonds. The first-order valence-corrected chi connectivity index (χ1v) is 6.58. The molecule has 1 aromatic carbocycles. The third-order valence-electron chi connectivity index (χ3n) is 3.52. The van der Waals surface area contributed by atoms with Gasteiger partial charge < -0.3 is 15.0 Å². The van der Waals surface area contributed by atoms with Crippen LogP contribution in [0.2, 0.25) is 0 Å². The van der Waals surface area contributed by atoms with E-state index in [2.05, 4.69) is 22.0 Å². The maximum absolute atomic E-state index is 11.8. The number of hydrogen-bond acceptors (Lipinski definition) is 2. The van der Waals surface area contributed by atoms with Crippen LogP contribution in [0.4, 0.5) is 0 Å². The van der Waals surface area contributed by atoms with Crippen molar-refractivity contribution < 1.29 is 9.90 Å². The Bertz CT molecular complexity index is 571. The Morgan fingerprint density at radius 2 is 2.16 bits per heavy atom. The van der Waals surface area contributed by atoms with Gasteiger partial charge in [-0.3, -0.25) is 4.79 Å². The van der Waals surface area contributed by atoms with Crippen molar-refractivity contribution in [2.24, 2.45) is 13.0 Å². The molecule has 0 radical (unpaired) electrons. The van der Waals surface area contributed by atoms with Crippen molar-refractivity contribution in [2.75, 3.05) is 6.61 Å². The number of benzene rings is 1. The smallest absolute Gasteiger partial charge is 0.225 e. The quantitative estimate of drug-likeness (QED) is 0.861. The number of para-hydroxylation sites is 1. The average Bonchev–Trinajstić information content (AvgIpc) is 2.75. The molecule has 0 aliphatic carbocycles. The van der Waals surface area contributed by atoms with Gasteiger partial charge in [-0.15, -0.1) is 0 Å². The zero-order chi connectivity index (χ0) is 13.8. The SMILES string of the molecule is CCC(CO)C(=O)NCc1cn(C)c2ccccc12. The summed E-state index contributed by atoms with van der Waals surface area (Å²) in [6.07, 6.45) is 2.68. The second-order valence-corrected chi connectivity index (χ2v) is 4.79. The van der Waals surface area contributed by atoms with Gasteiger partial charge in [0.05, 0.1) is 12.5 Å². The van der Waals surface area contributed by atoms with E-state index in [9.17, 15) is 4.79 Å². The predicted molar refractivity (Wildman–Crippen MR) is 75.6 cm³/mol. The molecule has 2 rings (SSSR count). The molecule has 0 aliphatic heterocycles. The number of amides is 1. The van der Waals surface area contributed by atoms with Gasteiger partial charge >= 0.3 is 0 Å². The van der Waals surface area contributed by atoms with Gasteiger partial charge in [0, 0.05) is 30.7 Å². The van der Waals surface area contributed by atoms with E-state index in [0.717, 1.165) is 16.5 Å². The summed E-state index contributed by atoms with van der Waals surface area (Å²) in [4.78, 5) is 11.8. The van der Waals surface area contributed by atoms with Crippen molar-refractivity contribution >= 4 is 16.8 Å². The molecule has 4 nitrogen and oxygen atoms in total. The number of carbonyl (C=O) groups excluding carboxylic acids is 1. The Morgan fingerprint density at radius 3 is 2.84 bits per heavy atom. The van der Waals surface area contributed by atoms with Crippen LogP contribution in [0.25, 0.3) is 10.9 Å². The van der Waals surface area contributed by atoms with E-state index in [1.165, 1.54) is 0 Å². The number of nitrogens with zero attached hydrogens (tertiary/aromatic N) is 1. The first-order chi connectivity index (χ1) is 9.17. The Hall–Kier alpha value is -1.81. The summed E-state index contributed by atoms with van der Waals surface area (Å²) in [5, 5.41) is 13.2. The maximum atomic E-state index is 11.8. The van der Waals surface area contributed by atoms with Gasteiger partial charge in [0.1, 0.15) is 0 Å². The monoisotopic (exact) mass is 260 g/mol. The molecule has 2 N–H and O–H groups in total. The van der Waals surface area contributed by atoms with Crippen LogP contribution in [0.1, 0.15) is 18.9 Å². The minimum absolute atomic E-state index is 0.0852. The third-order valence-corrected chi connectivity index (χ3v) is 3.52. The summed E-state index contributed by atoms with van der Waals surface area (Å²) in [6.45, 7) is 2.30. The van der Waals surface area contributed by atoms with E-state index < -0.39 is 0 Å². The van der Waals surface area contributed by atoms with Crippen LogP contribution in [-0.4, -0.2) is 22.2 Å². The first-order valence-electron chi connectivity index (χ1n) is 6.58. The van der Waals surface area contributed by atoms with Gasteiger partial charge in [0.2, 0.25) is 5.91 Å². The molecule has 0 aliphatic rings. The van der Waals surface area contributed by atoms with E-state index in [1.807, 2.05) is 32.3 Å². The van der Waals surface area contributed by atoms with E-state index in [0.29, 0.717) is 13.0 Å². The van der Waals surface area contributed by atoms with Gasteiger partial charge in [-0.1, -0.05) is 25.1 Å². The number of carbonyl (C=O) groups is 1. The summed E-state index contributed by atoms with van der Waals surface area (Å²) in [6, 6.07) is 8.11. The lowest BCUT2D eigenvalue weighted by Crippen LogP contribution is -2.31. The van der Waals surface area contributed by atoms with Crippen LogP contribution in [0, 0.1) is 5.92 Å². The van der Waals surface area contributed by atoms with Crippen molar-refractivity contribution in [1.29, 1.82) is 0 Å². The lowest BCUT2D eigenvalue weighted by Gasteiger charge is -2.11. The van der Waals surface area contributed by atoms with Crippen molar-refractivity contribution in [1.82, 2.24) is 9.88 Å². The Morgan fingerprint density at radius 1 is 1.42 bits per heavy atom. The minimum Gasteiger partial charge on any atom is -0.396 e. The molecular formula is C15H20N2O2. The molecule has 1 atom stereocenters. The fourth-order valence-electron chi connectivity index (χ4n) is 2.29. The summed E-state index contributed by atoms with van der Waals surface area (Å²) in [5.41, 5.74) is 2.25. The lowest BCUT2D eigenvalue weighted by molar-refractivity contribution is -0.126. The Balaban J connectivity index is 2.12. The number of nitrogens with one attached hydrogen (secondary N) is 1. The van der Waals surface area contributed by atoms with Crippen molar-refractivity contribution in [2.45, 2.75) is 19.9 Å². The fraction of sp³-hybridized carbons (Fsp3) is 0.400. The van der Waals surface area contributed by atoms with E-state index in [-0.39, 0.29) is 18.4 Å². The van der Waals surface area contributed by atoms with Gasteiger partial charge in [-0.2, -0.15) is 0 Å². The molecule has 19 heavy (non-hydrogen) atoms. The zero-order valence-corrected chi connectivity index (χ0v) is 11.4. The van der Waals surface area contributed by atoms with Crippen LogP contribution in [-0.2, 0) is 18.4 Å². The highest BCUT2D eigenvalue weighted by atomic mass is 16.3. The predicted octanol–water partition coefficient (Wildman–Crippen LogP) is 1.81. The first kappa shape index (κ1) is 13.6. The largest absolute Gasteiger partial charge is 0.396 e. The highest BCUT2D eigenvalue weighted by Crippen LogP contribution is 2.20. The van der Waals surface area contributed by atoms with E-state index in [1.54, 1.807) is 0 Å². The molecule has 1 unspecified atom stereocenters. The number of fused-ring (bicyclic) bond motifs is 1. The van der Waals surface area contributed by atoms with E-state index >= 15 is 0 Å². The molecule has 2 aromatic rings. The molecule has 0 saturated carbocycles. The topological polar surface area (TPSA) is 54.3 Å². The van der Waals surface area contributed by atoms with Crippen LogP contribution < -0.4 is 5.32 Å². The molecule has 0 bridgehead atoms. The zero-order valence-electron chi connectivity index (χ0n) is 11.4. The summed E-state index contributed by atoms with van der Waals surface area (Å²) in [7, 11) is 2.00. The maximum Gasteiger partial charge on any atom is 0.225 e. The van der Waals surface area contributed by atoms with Crippen LogP contribution in [0.5, 0.6) is 0 Å². The Labute approximate surface area is 113 Å². The second kappa shape index (κ2) is 5.89. The average molecular weight is 260 g/mol. The number of rotatable bonds is 5. The summed E-state index contributed by atoms with van der Waals surface area (Å²) >= 11 is 0. The van der Waals surface area contributed by atoms with Gasteiger partial charge in [0.25, 0.3) is 0 Å². The highest BCUT2D eigenvalue weighted by molar-refractivity contribution is 5.85. The number of aliphatic hydroxyl groups is 1. The molecule has 102 valence electrons. The number of aryl methyl sites for hydroxylation is 1. The minimum atomic E-state index is -0.310. The molecule has 0 saturated heterocycles. The van der Waals surface area contributed by atoms with Crippen molar-refractivity contribution in [3.8, 4) is 0 Å². The van der Waals surface area contributed by atoms with Crippen LogP contribution in [0.3, 0.4) is 0 Å². The van der Waals surface area contributed by atoms with Gasteiger partial charge in [0.15, 0.2) is 0 Å². The molecule has 1 aromatic heterocycles.